The molecule has 130 valence electrons. The first kappa shape index (κ1) is 18.7. The van der Waals surface area contributed by atoms with E-state index in [-0.39, 0.29) is 0 Å². The highest BCUT2D eigenvalue weighted by atomic mass is 32.1. The van der Waals surface area contributed by atoms with Gasteiger partial charge in [-0.25, -0.2) is 4.79 Å². The molecule has 0 radical (unpaired) electrons. The number of unbranched alkanes of at least 4 members (excludes halogenated alkanes) is 1. The molecule has 1 N–H and O–H groups in total. The number of thiophene rings is 1. The van der Waals surface area contributed by atoms with E-state index in [0.29, 0.717) is 5.56 Å². The van der Waals surface area contributed by atoms with Gasteiger partial charge in [-0.05, 0) is 42.4 Å². The molecule has 0 spiro atoms. The Morgan fingerprint density at radius 2 is 1.62 bits per heavy atom. The molecule has 0 bridgehead atoms. The molecule has 0 aliphatic rings. The molecule has 1 heterocycles. The first-order chi connectivity index (χ1) is 11.6. The van der Waals surface area contributed by atoms with Gasteiger partial charge in [-0.3, -0.25) is 0 Å². The lowest BCUT2D eigenvalue weighted by molar-refractivity contribution is 0.0697. The van der Waals surface area contributed by atoms with Gasteiger partial charge in [0.25, 0.3) is 0 Å². The average molecular weight is 345 g/mol. The summed E-state index contributed by atoms with van der Waals surface area (Å²) in [5.74, 6) is -0.787. The van der Waals surface area contributed by atoms with Gasteiger partial charge in [-0.15, -0.1) is 11.3 Å². The van der Waals surface area contributed by atoms with E-state index in [1.807, 2.05) is 0 Å². The smallest absolute Gasteiger partial charge is 0.337 e. The third-order valence-electron chi connectivity index (χ3n) is 4.32. The standard InChI is InChI=1S/C21H28O2S/c1-4-7-10-18-17(9-6-3)19(21(22)23)20(24-18)16-13-11-15(8-5-2)12-14-16/h11-14H,4-10H2,1-3H3,(H,22,23). The topological polar surface area (TPSA) is 37.3 Å². The Bertz CT molecular complexity index is 668. The van der Waals surface area contributed by atoms with Crippen LogP contribution in [0, 0.1) is 0 Å². The van der Waals surface area contributed by atoms with Crippen molar-refractivity contribution in [3.05, 3.63) is 45.8 Å². The fourth-order valence-corrected chi connectivity index (χ4v) is 4.49. The predicted octanol–water partition coefficient (Wildman–Crippen LogP) is 6.36. The minimum absolute atomic E-state index is 0.538. The van der Waals surface area contributed by atoms with Crippen LogP contribution >= 0.6 is 11.3 Å². The van der Waals surface area contributed by atoms with Crippen molar-refractivity contribution in [1.29, 1.82) is 0 Å². The van der Waals surface area contributed by atoms with E-state index in [2.05, 4.69) is 45.0 Å². The summed E-state index contributed by atoms with van der Waals surface area (Å²) in [5, 5.41) is 9.82. The molecule has 3 heteroatoms. The highest BCUT2D eigenvalue weighted by Crippen LogP contribution is 2.38. The van der Waals surface area contributed by atoms with Gasteiger partial charge in [0.1, 0.15) is 0 Å². The second kappa shape index (κ2) is 9.03. The molecule has 0 saturated heterocycles. The zero-order valence-electron chi connectivity index (χ0n) is 15.0. The molecule has 2 aromatic rings. The molecule has 0 fully saturated rings. The number of hydrogen-bond donors (Lipinski definition) is 1. The van der Waals surface area contributed by atoms with E-state index in [1.54, 1.807) is 11.3 Å². The van der Waals surface area contributed by atoms with Gasteiger partial charge in [0, 0.05) is 9.75 Å². The molecule has 24 heavy (non-hydrogen) atoms. The number of rotatable bonds is 9. The summed E-state index contributed by atoms with van der Waals surface area (Å²) in [6, 6.07) is 8.44. The van der Waals surface area contributed by atoms with Crippen LogP contribution in [0.3, 0.4) is 0 Å². The summed E-state index contributed by atoms with van der Waals surface area (Å²) in [6.45, 7) is 6.47. The first-order valence-corrected chi connectivity index (χ1v) is 9.91. The van der Waals surface area contributed by atoms with E-state index in [9.17, 15) is 9.90 Å². The van der Waals surface area contributed by atoms with Crippen molar-refractivity contribution in [2.45, 2.75) is 65.7 Å². The molecule has 2 rings (SSSR count). The van der Waals surface area contributed by atoms with Gasteiger partial charge < -0.3 is 5.11 Å². The Morgan fingerprint density at radius 1 is 0.958 bits per heavy atom. The van der Waals surface area contributed by atoms with Gasteiger partial charge in [0.05, 0.1) is 5.56 Å². The Labute approximate surface area is 149 Å². The Hall–Kier alpha value is -1.61. The van der Waals surface area contributed by atoms with Crippen LogP contribution in [0.5, 0.6) is 0 Å². The van der Waals surface area contributed by atoms with Crippen molar-refractivity contribution in [2.24, 2.45) is 0 Å². The minimum Gasteiger partial charge on any atom is -0.478 e. The van der Waals surface area contributed by atoms with Gasteiger partial charge >= 0.3 is 5.97 Å². The van der Waals surface area contributed by atoms with Crippen molar-refractivity contribution in [2.75, 3.05) is 0 Å². The second-order valence-electron chi connectivity index (χ2n) is 6.31. The minimum atomic E-state index is -0.787. The number of hydrogen-bond acceptors (Lipinski definition) is 2. The number of carbonyl (C=O) groups is 1. The SMILES string of the molecule is CCCCc1sc(-c2ccc(CCC)cc2)c(C(=O)O)c1CCC. The van der Waals surface area contributed by atoms with Crippen LogP contribution in [0.2, 0.25) is 0 Å². The van der Waals surface area contributed by atoms with Gasteiger partial charge in [-0.1, -0.05) is 64.3 Å². The third kappa shape index (κ3) is 4.27. The van der Waals surface area contributed by atoms with Crippen LogP contribution in [0.15, 0.2) is 24.3 Å². The maximum atomic E-state index is 12.0. The second-order valence-corrected chi connectivity index (χ2v) is 7.42. The monoisotopic (exact) mass is 344 g/mol. The van der Waals surface area contributed by atoms with Crippen molar-refractivity contribution < 1.29 is 9.90 Å². The maximum absolute atomic E-state index is 12.0. The highest BCUT2D eigenvalue weighted by Gasteiger charge is 2.23. The van der Waals surface area contributed by atoms with Crippen molar-refractivity contribution in [3.63, 3.8) is 0 Å². The summed E-state index contributed by atoms with van der Waals surface area (Å²) in [4.78, 5) is 14.2. The number of aromatic carboxylic acids is 1. The van der Waals surface area contributed by atoms with E-state index in [1.165, 1.54) is 10.4 Å². The molecule has 0 atom stereocenters. The number of benzene rings is 1. The van der Waals surface area contributed by atoms with Crippen LogP contribution in [0.4, 0.5) is 0 Å². The fourth-order valence-electron chi connectivity index (χ4n) is 3.11. The lowest BCUT2D eigenvalue weighted by atomic mass is 9.98. The maximum Gasteiger partial charge on any atom is 0.337 e. The van der Waals surface area contributed by atoms with Crippen LogP contribution < -0.4 is 0 Å². The molecule has 0 saturated carbocycles. The van der Waals surface area contributed by atoms with Crippen LogP contribution in [-0.4, -0.2) is 11.1 Å². The summed E-state index contributed by atoms with van der Waals surface area (Å²) in [5.41, 5.74) is 3.96. The predicted molar refractivity (Wildman–Crippen MR) is 103 cm³/mol. The Kier molecular flexibility index (Phi) is 7.04. The third-order valence-corrected chi connectivity index (χ3v) is 5.66. The largest absolute Gasteiger partial charge is 0.478 e. The molecule has 0 amide bonds. The van der Waals surface area contributed by atoms with Crippen LogP contribution in [0.1, 0.15) is 72.8 Å². The quantitative estimate of drug-likeness (QED) is 0.574. The van der Waals surface area contributed by atoms with Gasteiger partial charge in [0.15, 0.2) is 0 Å². The van der Waals surface area contributed by atoms with E-state index in [4.69, 9.17) is 0 Å². The molecular formula is C21H28O2S. The summed E-state index contributed by atoms with van der Waals surface area (Å²) >= 11 is 1.69. The normalized spacial score (nSPS) is 11.0. The molecule has 0 unspecified atom stereocenters. The molecule has 1 aromatic heterocycles. The number of carboxylic acid groups (broad SMARTS) is 1. The van der Waals surface area contributed by atoms with Crippen molar-refractivity contribution in [3.8, 4) is 10.4 Å². The highest BCUT2D eigenvalue weighted by molar-refractivity contribution is 7.16. The molecule has 0 aliphatic carbocycles. The fraction of sp³-hybridized carbons (Fsp3) is 0.476. The summed E-state index contributed by atoms with van der Waals surface area (Å²) in [6.07, 6.45) is 7.26. The average Bonchev–Trinajstić information content (AvgIpc) is 2.93. The molecule has 1 aromatic carbocycles. The Balaban J connectivity index is 2.48. The van der Waals surface area contributed by atoms with Gasteiger partial charge in [0.2, 0.25) is 0 Å². The lowest BCUT2D eigenvalue weighted by Gasteiger charge is -2.05. The van der Waals surface area contributed by atoms with Gasteiger partial charge in [-0.2, -0.15) is 0 Å². The summed E-state index contributed by atoms with van der Waals surface area (Å²) in [7, 11) is 0. The molecular weight excluding hydrogens is 316 g/mol. The van der Waals surface area contributed by atoms with E-state index >= 15 is 0 Å². The van der Waals surface area contributed by atoms with E-state index in [0.717, 1.165) is 60.9 Å². The van der Waals surface area contributed by atoms with Crippen LogP contribution in [-0.2, 0) is 19.3 Å². The van der Waals surface area contributed by atoms with Crippen molar-refractivity contribution in [1.82, 2.24) is 0 Å². The molecule has 0 aliphatic heterocycles. The molecule has 2 nitrogen and oxygen atoms in total. The lowest BCUT2D eigenvalue weighted by Crippen LogP contribution is -2.02. The summed E-state index contributed by atoms with van der Waals surface area (Å²) < 4.78 is 0. The number of carboxylic acids is 1. The van der Waals surface area contributed by atoms with Crippen LogP contribution in [0.25, 0.3) is 10.4 Å². The first-order valence-electron chi connectivity index (χ1n) is 9.09. The number of aryl methyl sites for hydroxylation is 2. The zero-order valence-corrected chi connectivity index (χ0v) is 15.8. The zero-order chi connectivity index (χ0) is 17.5. The Morgan fingerprint density at radius 3 is 2.17 bits per heavy atom. The van der Waals surface area contributed by atoms with E-state index < -0.39 is 5.97 Å². The van der Waals surface area contributed by atoms with Crippen molar-refractivity contribution >= 4 is 17.3 Å².